The number of hydrogen-bond acceptors (Lipinski definition) is 2. The maximum atomic E-state index is 10.5. The van der Waals surface area contributed by atoms with Gasteiger partial charge in [0.1, 0.15) is 0 Å². The Kier molecular flexibility index (Phi) is 8.13. The van der Waals surface area contributed by atoms with Gasteiger partial charge in [-0.05, 0) is 6.92 Å². The van der Waals surface area contributed by atoms with E-state index in [4.69, 9.17) is 0 Å². The Balaban J connectivity index is 0. The molecule has 0 aliphatic heterocycles. The van der Waals surface area contributed by atoms with E-state index in [0.29, 0.717) is 6.61 Å². The van der Waals surface area contributed by atoms with E-state index in [1.165, 1.54) is 0 Å². The standard InChI is InChI=1S/C6H12O2.Li.H/c1-4-8-6(7)5(2)3;;/h5H,4H2,1-3H3;;. The Morgan fingerprint density at radius 2 is 2.00 bits per heavy atom. The summed E-state index contributed by atoms with van der Waals surface area (Å²) >= 11 is 0. The zero-order valence-corrected chi connectivity index (χ0v) is 5.60. The van der Waals surface area contributed by atoms with Crippen LogP contribution in [0.1, 0.15) is 20.8 Å². The molecule has 0 saturated carbocycles. The molecular weight excluding hydrogens is 111 g/mol. The number of carbonyl (C=O) groups is 1. The molecule has 0 heterocycles. The molecule has 0 fully saturated rings. The molecule has 0 aliphatic rings. The first-order valence-corrected chi connectivity index (χ1v) is 2.85. The number of hydrogen-bond donors (Lipinski definition) is 0. The summed E-state index contributed by atoms with van der Waals surface area (Å²) in [6.07, 6.45) is 0. The second kappa shape index (κ2) is 6.19. The van der Waals surface area contributed by atoms with Crippen molar-refractivity contribution in [2.24, 2.45) is 5.92 Å². The summed E-state index contributed by atoms with van der Waals surface area (Å²) in [6.45, 7) is 5.92. The molecule has 0 spiro atoms. The summed E-state index contributed by atoms with van der Waals surface area (Å²) in [7, 11) is 0. The van der Waals surface area contributed by atoms with Gasteiger partial charge in [-0.1, -0.05) is 13.8 Å². The molecule has 50 valence electrons. The van der Waals surface area contributed by atoms with Crippen molar-refractivity contribution in [3.05, 3.63) is 0 Å². The summed E-state index contributed by atoms with van der Waals surface area (Å²) < 4.78 is 4.66. The van der Waals surface area contributed by atoms with Gasteiger partial charge in [-0.25, -0.2) is 0 Å². The van der Waals surface area contributed by atoms with Crippen LogP contribution >= 0.6 is 0 Å². The molecule has 0 aromatic carbocycles. The zero-order chi connectivity index (χ0) is 6.57. The van der Waals surface area contributed by atoms with E-state index < -0.39 is 0 Å². The van der Waals surface area contributed by atoms with Crippen molar-refractivity contribution >= 4 is 24.8 Å². The van der Waals surface area contributed by atoms with E-state index in [1.807, 2.05) is 13.8 Å². The third-order valence-electron chi connectivity index (χ3n) is 0.758. The molecule has 0 saturated heterocycles. The van der Waals surface area contributed by atoms with Crippen molar-refractivity contribution in [1.82, 2.24) is 0 Å². The van der Waals surface area contributed by atoms with Crippen LogP contribution in [0.2, 0.25) is 0 Å². The van der Waals surface area contributed by atoms with Crippen molar-refractivity contribution in [1.29, 1.82) is 0 Å². The number of esters is 1. The SMILES string of the molecule is CCOC(=O)C(C)C.[LiH]. The van der Waals surface area contributed by atoms with E-state index in [9.17, 15) is 4.79 Å². The van der Waals surface area contributed by atoms with Crippen molar-refractivity contribution in [2.45, 2.75) is 20.8 Å². The summed E-state index contributed by atoms with van der Waals surface area (Å²) in [4.78, 5) is 10.5. The van der Waals surface area contributed by atoms with Gasteiger partial charge < -0.3 is 4.74 Å². The first-order valence-electron chi connectivity index (χ1n) is 2.85. The van der Waals surface area contributed by atoms with Crippen LogP contribution in [0, 0.1) is 5.92 Å². The van der Waals surface area contributed by atoms with E-state index in [1.54, 1.807) is 6.92 Å². The van der Waals surface area contributed by atoms with Gasteiger partial charge in [0, 0.05) is 0 Å². The van der Waals surface area contributed by atoms with E-state index in [2.05, 4.69) is 4.74 Å². The Bertz CT molecular complexity index is 81.1. The zero-order valence-electron chi connectivity index (χ0n) is 5.60. The minimum absolute atomic E-state index is 0. The first-order chi connectivity index (χ1) is 3.68. The van der Waals surface area contributed by atoms with Crippen molar-refractivity contribution in [3.8, 4) is 0 Å². The number of carbonyl (C=O) groups excluding carboxylic acids is 1. The van der Waals surface area contributed by atoms with E-state index in [0.717, 1.165) is 0 Å². The fourth-order valence-electron chi connectivity index (χ4n) is 0.309. The Hall–Kier alpha value is 0.0674. The normalized spacial score (nSPS) is 8.44. The molecule has 0 bridgehead atoms. The predicted octanol–water partition coefficient (Wildman–Crippen LogP) is 0.557. The predicted molar refractivity (Wildman–Crippen MR) is 38.6 cm³/mol. The fourth-order valence-corrected chi connectivity index (χ4v) is 0.309. The van der Waals surface area contributed by atoms with Gasteiger partial charge in [0.05, 0.1) is 12.5 Å². The molecule has 0 aliphatic carbocycles. The average molecular weight is 124 g/mol. The van der Waals surface area contributed by atoms with Crippen molar-refractivity contribution < 1.29 is 9.53 Å². The monoisotopic (exact) mass is 124 g/mol. The second-order valence-electron chi connectivity index (χ2n) is 1.91. The van der Waals surface area contributed by atoms with Crippen LogP contribution in [0.25, 0.3) is 0 Å². The van der Waals surface area contributed by atoms with Gasteiger partial charge in [0.15, 0.2) is 0 Å². The first kappa shape index (κ1) is 11.8. The Morgan fingerprint density at radius 3 is 2.11 bits per heavy atom. The fraction of sp³-hybridized carbons (Fsp3) is 0.833. The Morgan fingerprint density at radius 1 is 1.56 bits per heavy atom. The summed E-state index contributed by atoms with van der Waals surface area (Å²) in [6, 6.07) is 0. The van der Waals surface area contributed by atoms with Crippen LogP contribution < -0.4 is 0 Å². The molecule has 0 rings (SSSR count). The molecule has 0 amide bonds. The molecule has 3 heteroatoms. The number of ether oxygens (including phenoxy) is 1. The minimum atomic E-state index is -0.118. The van der Waals surface area contributed by atoms with Crippen molar-refractivity contribution in [2.75, 3.05) is 6.61 Å². The van der Waals surface area contributed by atoms with Crippen LogP contribution in [0.4, 0.5) is 0 Å². The van der Waals surface area contributed by atoms with E-state index in [-0.39, 0.29) is 30.7 Å². The van der Waals surface area contributed by atoms with Gasteiger partial charge in [0.25, 0.3) is 0 Å². The molecule has 0 atom stereocenters. The topological polar surface area (TPSA) is 26.3 Å². The quantitative estimate of drug-likeness (QED) is 0.397. The van der Waals surface area contributed by atoms with Gasteiger partial charge in [0.2, 0.25) is 0 Å². The van der Waals surface area contributed by atoms with Crippen molar-refractivity contribution in [3.63, 3.8) is 0 Å². The average Bonchev–Trinajstić information content (AvgIpc) is 1.67. The number of rotatable bonds is 2. The van der Waals surface area contributed by atoms with Crippen LogP contribution in [-0.2, 0) is 9.53 Å². The third-order valence-corrected chi connectivity index (χ3v) is 0.758. The molecular formula is C6H13LiO2. The third kappa shape index (κ3) is 5.95. The molecule has 2 nitrogen and oxygen atoms in total. The van der Waals surface area contributed by atoms with Gasteiger partial charge in [-0.3, -0.25) is 4.79 Å². The van der Waals surface area contributed by atoms with Crippen LogP contribution in [0.3, 0.4) is 0 Å². The summed E-state index contributed by atoms with van der Waals surface area (Å²) in [5.74, 6) is -0.109. The van der Waals surface area contributed by atoms with Gasteiger partial charge in [-0.15, -0.1) is 0 Å². The molecule has 0 radical (unpaired) electrons. The molecule has 0 aromatic rings. The van der Waals surface area contributed by atoms with Gasteiger partial charge in [-0.2, -0.15) is 0 Å². The van der Waals surface area contributed by atoms with Gasteiger partial charge >= 0.3 is 24.8 Å². The van der Waals surface area contributed by atoms with E-state index >= 15 is 0 Å². The second-order valence-corrected chi connectivity index (χ2v) is 1.91. The molecule has 0 unspecified atom stereocenters. The molecule has 9 heavy (non-hydrogen) atoms. The summed E-state index contributed by atoms with van der Waals surface area (Å²) in [5, 5.41) is 0. The summed E-state index contributed by atoms with van der Waals surface area (Å²) in [5.41, 5.74) is 0. The van der Waals surface area contributed by atoms with Crippen LogP contribution in [-0.4, -0.2) is 31.4 Å². The molecule has 0 N–H and O–H groups in total. The molecule has 0 aromatic heterocycles. The Labute approximate surface area is 68.1 Å². The van der Waals surface area contributed by atoms with Crippen LogP contribution in [0.15, 0.2) is 0 Å². The van der Waals surface area contributed by atoms with Crippen LogP contribution in [0.5, 0.6) is 0 Å². The maximum absolute atomic E-state index is 10.5.